The number of aliphatic hydroxyl groups excluding tert-OH is 2. The molecule has 0 amide bonds. The molecule has 6 atom stereocenters. The van der Waals surface area contributed by atoms with Crippen LogP contribution < -0.4 is 0 Å². The lowest BCUT2D eigenvalue weighted by atomic mass is 9.98. The van der Waals surface area contributed by atoms with Crippen molar-refractivity contribution < 1.29 is 58.2 Å². The summed E-state index contributed by atoms with van der Waals surface area (Å²) in [6, 6.07) is 0. The normalized spacial score (nSPS) is 18.4. The van der Waals surface area contributed by atoms with E-state index in [1.165, 1.54) is 64.2 Å². The lowest BCUT2D eigenvalue weighted by Crippen LogP contribution is -2.61. The van der Waals surface area contributed by atoms with Gasteiger partial charge >= 0.3 is 23.9 Å². The van der Waals surface area contributed by atoms with Crippen molar-refractivity contribution in [3.05, 3.63) is 97.2 Å². The van der Waals surface area contributed by atoms with Crippen molar-refractivity contribution in [2.75, 3.05) is 13.2 Å². The van der Waals surface area contributed by atoms with Gasteiger partial charge in [0, 0.05) is 19.3 Å². The number of hydrogen-bond acceptors (Lipinski definition) is 11. The Hall–Kier alpha value is -4.36. The van der Waals surface area contributed by atoms with Crippen LogP contribution in [0.4, 0.5) is 0 Å². The molecule has 0 spiro atoms. The third kappa shape index (κ3) is 45.8. The van der Waals surface area contributed by atoms with Crippen molar-refractivity contribution in [2.24, 2.45) is 0 Å². The second-order valence-electron chi connectivity index (χ2n) is 21.6. The minimum atomic E-state index is -1.92. The smallest absolute Gasteiger partial charge is 0.335 e. The molecule has 0 saturated carbocycles. The molecule has 12 heteroatoms. The summed E-state index contributed by atoms with van der Waals surface area (Å²) in [5.74, 6) is -3.17. The molecule has 0 aromatic carbocycles. The highest BCUT2D eigenvalue weighted by atomic mass is 16.7. The predicted octanol–water partition coefficient (Wildman–Crippen LogP) is 17.2. The highest BCUT2D eigenvalue weighted by Gasteiger charge is 2.50. The Balaban J connectivity index is 2.69. The Labute approximate surface area is 492 Å². The quantitative estimate of drug-likeness (QED) is 0.0228. The standard InChI is InChI=1S/C69H114O12/c1-4-7-10-13-16-19-22-25-28-31-34-37-40-43-46-49-52-55-61(70)77-58-60(79-62(71)56-53-50-47-44-41-38-35-32-29-26-23-20-17-14-11-8-5-2)59-78-69-67(65(74)64(73)66(81-69)68(75)76)80-63(72)57-54-51-48-45-42-39-36-33-30-27-24-21-18-15-12-9-6-3/h7,9-10,12,16,18-19,21,25-30,36,39,60,64-67,69,73-74H,4-6,8,11,13-15,17,20,22-24,31-35,37-38,40-59H2,1-3H3,(H,75,76)/b10-7-,12-9-,19-16-,21-18-,28-25-,29-26-,30-27-,39-36-. The maximum Gasteiger partial charge on any atom is 0.335 e. The van der Waals surface area contributed by atoms with Crippen molar-refractivity contribution in [2.45, 2.75) is 302 Å². The molecule has 81 heavy (non-hydrogen) atoms. The first-order chi connectivity index (χ1) is 39.6. The van der Waals surface area contributed by atoms with Gasteiger partial charge in [-0.1, -0.05) is 227 Å². The van der Waals surface area contributed by atoms with Gasteiger partial charge in [-0.3, -0.25) is 14.4 Å². The second-order valence-corrected chi connectivity index (χ2v) is 21.6. The van der Waals surface area contributed by atoms with Crippen LogP contribution in [0.1, 0.15) is 265 Å². The summed E-state index contributed by atoms with van der Waals surface area (Å²) in [5, 5.41) is 31.6. The highest BCUT2D eigenvalue weighted by molar-refractivity contribution is 5.74. The summed E-state index contributed by atoms with van der Waals surface area (Å²) in [5.41, 5.74) is 0. The summed E-state index contributed by atoms with van der Waals surface area (Å²) in [6.07, 6.45) is 62.2. The number of carbonyl (C=O) groups excluding carboxylic acids is 3. The van der Waals surface area contributed by atoms with E-state index in [-0.39, 0.29) is 25.9 Å². The van der Waals surface area contributed by atoms with Gasteiger partial charge in [-0.15, -0.1) is 0 Å². The first-order valence-corrected chi connectivity index (χ1v) is 32.2. The van der Waals surface area contributed by atoms with Crippen LogP contribution in [0.3, 0.4) is 0 Å². The Morgan fingerprint density at radius 1 is 0.420 bits per heavy atom. The van der Waals surface area contributed by atoms with E-state index in [0.29, 0.717) is 19.3 Å². The molecule has 0 radical (unpaired) electrons. The molecule has 1 fully saturated rings. The summed E-state index contributed by atoms with van der Waals surface area (Å²) >= 11 is 0. The summed E-state index contributed by atoms with van der Waals surface area (Å²) in [6.45, 7) is 5.76. The molecule has 1 rings (SSSR count). The number of aliphatic hydroxyl groups is 2. The zero-order chi connectivity index (χ0) is 58.9. The summed E-state index contributed by atoms with van der Waals surface area (Å²) in [4.78, 5) is 51.3. The minimum Gasteiger partial charge on any atom is -0.479 e. The summed E-state index contributed by atoms with van der Waals surface area (Å²) in [7, 11) is 0. The molecule has 0 bridgehead atoms. The van der Waals surface area contributed by atoms with E-state index in [4.69, 9.17) is 23.7 Å². The van der Waals surface area contributed by atoms with Gasteiger partial charge < -0.3 is 39.0 Å². The van der Waals surface area contributed by atoms with E-state index in [9.17, 15) is 34.5 Å². The van der Waals surface area contributed by atoms with E-state index in [2.05, 4.69) is 118 Å². The van der Waals surface area contributed by atoms with Crippen LogP contribution in [0.2, 0.25) is 0 Å². The maximum absolute atomic E-state index is 13.2. The molecule has 462 valence electrons. The molecule has 3 N–H and O–H groups in total. The number of carboxylic acid groups (broad SMARTS) is 1. The molecule has 0 aliphatic carbocycles. The van der Waals surface area contributed by atoms with Gasteiger partial charge in [-0.25, -0.2) is 4.79 Å². The zero-order valence-corrected chi connectivity index (χ0v) is 51.0. The molecular weight excluding hydrogens is 1020 g/mol. The number of esters is 3. The first kappa shape index (κ1) is 74.7. The number of carboxylic acids is 1. The van der Waals surface area contributed by atoms with Crippen molar-refractivity contribution in [1.29, 1.82) is 0 Å². The van der Waals surface area contributed by atoms with E-state index in [1.54, 1.807) is 0 Å². The van der Waals surface area contributed by atoms with Crippen LogP contribution in [0.25, 0.3) is 0 Å². The van der Waals surface area contributed by atoms with Crippen molar-refractivity contribution in [3.8, 4) is 0 Å². The third-order valence-corrected chi connectivity index (χ3v) is 14.1. The van der Waals surface area contributed by atoms with Crippen molar-refractivity contribution in [3.63, 3.8) is 0 Å². The van der Waals surface area contributed by atoms with Crippen LogP contribution in [0.5, 0.6) is 0 Å². The third-order valence-electron chi connectivity index (χ3n) is 14.1. The van der Waals surface area contributed by atoms with Crippen molar-refractivity contribution in [1.82, 2.24) is 0 Å². The van der Waals surface area contributed by atoms with Crippen LogP contribution in [0.15, 0.2) is 97.2 Å². The van der Waals surface area contributed by atoms with Gasteiger partial charge in [0.15, 0.2) is 24.6 Å². The molecular formula is C69H114O12. The molecule has 12 nitrogen and oxygen atoms in total. The number of allylic oxidation sites excluding steroid dienone is 16. The van der Waals surface area contributed by atoms with Gasteiger partial charge in [0.1, 0.15) is 18.8 Å². The number of carbonyl (C=O) groups is 4. The van der Waals surface area contributed by atoms with E-state index in [0.717, 1.165) is 141 Å². The number of ether oxygens (including phenoxy) is 5. The Kier molecular flexibility index (Phi) is 51.7. The molecule has 0 aromatic heterocycles. The average molecular weight is 1140 g/mol. The van der Waals surface area contributed by atoms with Gasteiger partial charge in [0.05, 0.1) is 6.61 Å². The monoisotopic (exact) mass is 1130 g/mol. The topological polar surface area (TPSA) is 175 Å². The lowest BCUT2D eigenvalue weighted by Gasteiger charge is -2.40. The predicted molar refractivity (Wildman–Crippen MR) is 331 cm³/mol. The molecule has 6 unspecified atom stereocenters. The van der Waals surface area contributed by atoms with Gasteiger partial charge in [-0.05, 0) is 116 Å². The number of unbranched alkanes of at least 4 members (excludes halogenated alkanes) is 24. The Bertz CT molecular complexity index is 1780. The van der Waals surface area contributed by atoms with Crippen LogP contribution >= 0.6 is 0 Å². The number of aliphatic carboxylic acids is 1. The lowest BCUT2D eigenvalue weighted by molar-refractivity contribution is -0.301. The fourth-order valence-corrected chi connectivity index (χ4v) is 9.25. The summed E-state index contributed by atoms with van der Waals surface area (Å²) < 4.78 is 28.5. The fourth-order valence-electron chi connectivity index (χ4n) is 9.25. The minimum absolute atomic E-state index is 0.0276. The average Bonchev–Trinajstić information content (AvgIpc) is 3.53. The highest BCUT2D eigenvalue weighted by Crippen LogP contribution is 2.26. The van der Waals surface area contributed by atoms with Crippen LogP contribution in [-0.4, -0.2) is 89.2 Å². The maximum atomic E-state index is 13.2. The van der Waals surface area contributed by atoms with Crippen molar-refractivity contribution >= 4 is 23.9 Å². The Morgan fingerprint density at radius 2 is 0.778 bits per heavy atom. The van der Waals surface area contributed by atoms with Gasteiger partial charge in [0.25, 0.3) is 0 Å². The van der Waals surface area contributed by atoms with E-state index < -0.39 is 67.3 Å². The van der Waals surface area contributed by atoms with E-state index in [1.807, 2.05) is 0 Å². The van der Waals surface area contributed by atoms with Gasteiger partial charge in [0.2, 0.25) is 0 Å². The molecule has 0 aromatic rings. The molecule has 1 heterocycles. The Morgan fingerprint density at radius 3 is 1.20 bits per heavy atom. The van der Waals surface area contributed by atoms with E-state index >= 15 is 0 Å². The number of hydrogen-bond donors (Lipinski definition) is 3. The molecule has 1 aliphatic rings. The fraction of sp³-hybridized carbons (Fsp3) is 0.710. The molecule has 1 saturated heterocycles. The van der Waals surface area contributed by atoms with Crippen LogP contribution in [0, 0.1) is 0 Å². The van der Waals surface area contributed by atoms with Gasteiger partial charge in [-0.2, -0.15) is 0 Å². The second kappa shape index (κ2) is 56.1. The van der Waals surface area contributed by atoms with Crippen LogP contribution in [-0.2, 0) is 42.9 Å². The SMILES string of the molecule is CC/C=C\C/C=C\C/C=C\C/C=C\CCCCCCC(=O)OC1C(OCC(COC(=O)CCCCCCCCC/C=C\C/C=C\C/C=C\CC)OC(=O)CCCCCCCCC/C=C\CCCCCCCC)OC(C(=O)O)C(O)C1O. The zero-order valence-electron chi connectivity index (χ0n) is 51.0. The number of rotatable bonds is 54. The molecule has 1 aliphatic heterocycles. The largest absolute Gasteiger partial charge is 0.479 e. The first-order valence-electron chi connectivity index (χ1n) is 32.2.